The molecular formula is C28H27N3O3. The number of rotatable bonds is 5. The fourth-order valence-electron chi connectivity index (χ4n) is 4.85. The number of nitrogens with zero attached hydrogens (tertiary/aromatic N) is 2. The zero-order valence-electron chi connectivity index (χ0n) is 18.9. The Labute approximate surface area is 199 Å². The molecule has 0 aliphatic carbocycles. The van der Waals surface area contributed by atoms with Gasteiger partial charge in [0.05, 0.1) is 5.92 Å². The van der Waals surface area contributed by atoms with E-state index in [2.05, 4.69) is 5.32 Å². The third kappa shape index (κ3) is 4.31. The molecule has 2 aliphatic heterocycles. The van der Waals surface area contributed by atoms with Gasteiger partial charge in [-0.05, 0) is 42.2 Å². The fourth-order valence-corrected chi connectivity index (χ4v) is 4.85. The van der Waals surface area contributed by atoms with E-state index in [0.29, 0.717) is 13.1 Å². The quantitative estimate of drug-likeness (QED) is 0.638. The molecule has 1 saturated heterocycles. The molecule has 1 fully saturated rings. The molecule has 2 aliphatic rings. The first kappa shape index (κ1) is 21.9. The van der Waals surface area contributed by atoms with E-state index in [9.17, 15) is 14.4 Å². The second-order valence-electron chi connectivity index (χ2n) is 8.82. The summed E-state index contributed by atoms with van der Waals surface area (Å²) in [5.74, 6) is -1.03. The van der Waals surface area contributed by atoms with Crippen molar-refractivity contribution in [2.75, 3.05) is 22.9 Å². The van der Waals surface area contributed by atoms with E-state index in [1.807, 2.05) is 84.9 Å². The normalized spacial score (nSPS) is 18.4. The summed E-state index contributed by atoms with van der Waals surface area (Å²) in [6.07, 6.45) is 1.94. The molecule has 2 heterocycles. The Balaban J connectivity index is 1.38. The van der Waals surface area contributed by atoms with Crippen molar-refractivity contribution in [2.24, 2.45) is 5.92 Å². The first-order chi connectivity index (χ1) is 16.6. The molecule has 0 unspecified atom stereocenters. The minimum absolute atomic E-state index is 0.0844. The monoisotopic (exact) mass is 453 g/mol. The molecule has 0 radical (unpaired) electrons. The number of para-hydroxylation sites is 2. The van der Waals surface area contributed by atoms with Crippen molar-refractivity contribution in [3.8, 4) is 0 Å². The van der Waals surface area contributed by atoms with Crippen molar-refractivity contribution in [3.63, 3.8) is 0 Å². The Morgan fingerprint density at radius 3 is 2.32 bits per heavy atom. The van der Waals surface area contributed by atoms with Gasteiger partial charge in [-0.25, -0.2) is 0 Å². The Morgan fingerprint density at radius 1 is 0.882 bits per heavy atom. The SMILES string of the molecule is O=C(N[C@@H](C(=O)N1CCCc2ccccc21)c1ccccc1)[C@@H]1CC(=O)N(c2ccccc2)C1. The number of hydrogen-bond acceptors (Lipinski definition) is 3. The summed E-state index contributed by atoms with van der Waals surface area (Å²) < 4.78 is 0. The van der Waals surface area contributed by atoms with Crippen LogP contribution in [-0.2, 0) is 20.8 Å². The first-order valence-electron chi connectivity index (χ1n) is 11.7. The van der Waals surface area contributed by atoms with Gasteiger partial charge < -0.3 is 15.1 Å². The lowest BCUT2D eigenvalue weighted by Crippen LogP contribution is -2.46. The molecule has 0 saturated carbocycles. The highest BCUT2D eigenvalue weighted by atomic mass is 16.2. The van der Waals surface area contributed by atoms with E-state index >= 15 is 0 Å². The van der Waals surface area contributed by atoms with Crippen LogP contribution in [0.4, 0.5) is 11.4 Å². The van der Waals surface area contributed by atoms with Gasteiger partial charge in [-0.1, -0.05) is 66.7 Å². The number of carbonyl (C=O) groups excluding carboxylic acids is 3. The van der Waals surface area contributed by atoms with Crippen molar-refractivity contribution in [1.29, 1.82) is 0 Å². The van der Waals surface area contributed by atoms with Crippen molar-refractivity contribution < 1.29 is 14.4 Å². The van der Waals surface area contributed by atoms with E-state index in [1.165, 1.54) is 0 Å². The zero-order chi connectivity index (χ0) is 23.5. The fraction of sp³-hybridized carbons (Fsp3) is 0.250. The van der Waals surface area contributed by atoms with Gasteiger partial charge in [0, 0.05) is 30.9 Å². The summed E-state index contributed by atoms with van der Waals surface area (Å²) >= 11 is 0. The van der Waals surface area contributed by atoms with Crippen LogP contribution in [0.25, 0.3) is 0 Å². The Kier molecular flexibility index (Phi) is 6.12. The van der Waals surface area contributed by atoms with E-state index in [1.54, 1.807) is 9.80 Å². The molecule has 34 heavy (non-hydrogen) atoms. The maximum Gasteiger partial charge on any atom is 0.254 e. The molecule has 3 amide bonds. The number of amides is 3. The third-order valence-electron chi connectivity index (χ3n) is 6.61. The lowest BCUT2D eigenvalue weighted by molar-refractivity contribution is -0.130. The second-order valence-corrected chi connectivity index (χ2v) is 8.82. The number of benzene rings is 3. The van der Waals surface area contributed by atoms with Crippen LogP contribution in [0.15, 0.2) is 84.9 Å². The van der Waals surface area contributed by atoms with E-state index in [4.69, 9.17) is 0 Å². The summed E-state index contributed by atoms with van der Waals surface area (Å²) in [6, 6.07) is 25.8. The highest BCUT2D eigenvalue weighted by molar-refractivity contribution is 6.03. The Bertz CT molecular complexity index is 1200. The van der Waals surface area contributed by atoms with Crippen LogP contribution < -0.4 is 15.1 Å². The Morgan fingerprint density at radius 2 is 1.56 bits per heavy atom. The topological polar surface area (TPSA) is 69.7 Å². The van der Waals surface area contributed by atoms with Gasteiger partial charge in [0.1, 0.15) is 6.04 Å². The summed E-state index contributed by atoms with van der Waals surface area (Å²) in [5.41, 5.74) is 3.55. The van der Waals surface area contributed by atoms with E-state index < -0.39 is 12.0 Å². The van der Waals surface area contributed by atoms with Crippen LogP contribution in [0.5, 0.6) is 0 Å². The van der Waals surface area contributed by atoms with Crippen LogP contribution in [0.2, 0.25) is 0 Å². The first-order valence-corrected chi connectivity index (χ1v) is 11.7. The molecule has 5 rings (SSSR count). The highest BCUT2D eigenvalue weighted by Crippen LogP contribution is 2.30. The molecule has 6 heteroatoms. The summed E-state index contributed by atoms with van der Waals surface area (Å²) in [5, 5.41) is 2.99. The predicted molar refractivity (Wildman–Crippen MR) is 131 cm³/mol. The average Bonchev–Trinajstić information content (AvgIpc) is 3.29. The lowest BCUT2D eigenvalue weighted by Gasteiger charge is -2.33. The summed E-state index contributed by atoms with van der Waals surface area (Å²) in [7, 11) is 0. The molecule has 2 atom stereocenters. The predicted octanol–water partition coefficient (Wildman–Crippen LogP) is 3.88. The molecule has 0 spiro atoms. The summed E-state index contributed by atoms with van der Waals surface area (Å²) in [4.78, 5) is 43.2. The number of aryl methyl sites for hydroxylation is 1. The van der Waals surface area contributed by atoms with E-state index in [0.717, 1.165) is 35.3 Å². The van der Waals surface area contributed by atoms with Crippen LogP contribution in [0, 0.1) is 5.92 Å². The molecule has 3 aromatic carbocycles. The molecule has 6 nitrogen and oxygen atoms in total. The number of nitrogens with one attached hydrogen (secondary N) is 1. The molecule has 172 valence electrons. The van der Waals surface area contributed by atoms with Crippen molar-refractivity contribution in [3.05, 3.63) is 96.1 Å². The van der Waals surface area contributed by atoms with E-state index in [-0.39, 0.29) is 24.1 Å². The number of carbonyl (C=O) groups is 3. The van der Waals surface area contributed by atoms with Crippen molar-refractivity contribution >= 4 is 29.1 Å². The molecule has 3 aromatic rings. The van der Waals surface area contributed by atoms with Gasteiger partial charge in [-0.3, -0.25) is 14.4 Å². The molecule has 0 aromatic heterocycles. The van der Waals surface area contributed by atoms with Crippen LogP contribution in [0.3, 0.4) is 0 Å². The number of fused-ring (bicyclic) bond motifs is 1. The second kappa shape index (κ2) is 9.51. The van der Waals surface area contributed by atoms with Gasteiger partial charge >= 0.3 is 0 Å². The van der Waals surface area contributed by atoms with Gasteiger partial charge in [-0.15, -0.1) is 0 Å². The maximum atomic E-state index is 13.8. The van der Waals surface area contributed by atoms with Crippen molar-refractivity contribution in [1.82, 2.24) is 5.32 Å². The lowest BCUT2D eigenvalue weighted by atomic mass is 9.98. The zero-order valence-corrected chi connectivity index (χ0v) is 18.9. The standard InChI is InChI=1S/C28H27N3O3/c32-25-18-22(19-31(25)23-14-5-2-6-15-23)27(33)29-26(21-11-3-1-4-12-21)28(34)30-17-9-13-20-10-7-8-16-24(20)30/h1-8,10-12,14-16,22,26H,9,13,17-19H2,(H,29,33)/t22-,26-/m1/s1. The maximum absolute atomic E-state index is 13.8. The van der Waals surface area contributed by atoms with Gasteiger partial charge in [-0.2, -0.15) is 0 Å². The third-order valence-corrected chi connectivity index (χ3v) is 6.61. The molecule has 1 N–H and O–H groups in total. The minimum atomic E-state index is -0.819. The summed E-state index contributed by atoms with van der Waals surface area (Å²) in [6.45, 7) is 0.912. The molecular weight excluding hydrogens is 426 g/mol. The van der Waals surface area contributed by atoms with Crippen LogP contribution in [0.1, 0.15) is 30.0 Å². The van der Waals surface area contributed by atoms with Gasteiger partial charge in [0.2, 0.25) is 11.8 Å². The highest BCUT2D eigenvalue weighted by Gasteiger charge is 2.38. The minimum Gasteiger partial charge on any atom is -0.340 e. The van der Waals surface area contributed by atoms with Crippen molar-refractivity contribution in [2.45, 2.75) is 25.3 Å². The van der Waals surface area contributed by atoms with Crippen LogP contribution in [-0.4, -0.2) is 30.8 Å². The van der Waals surface area contributed by atoms with Gasteiger partial charge in [0.15, 0.2) is 0 Å². The smallest absolute Gasteiger partial charge is 0.254 e. The average molecular weight is 454 g/mol. The molecule has 0 bridgehead atoms. The van der Waals surface area contributed by atoms with Gasteiger partial charge in [0.25, 0.3) is 5.91 Å². The van der Waals surface area contributed by atoms with Crippen LogP contribution >= 0.6 is 0 Å². The Hall–Kier alpha value is -3.93. The number of anilines is 2. The number of hydrogen-bond donors (Lipinski definition) is 1. The largest absolute Gasteiger partial charge is 0.340 e.